The van der Waals surface area contributed by atoms with E-state index in [1.165, 1.54) is 0 Å². The minimum atomic E-state index is 0.230. The van der Waals surface area contributed by atoms with Gasteiger partial charge in [0.05, 0.1) is 11.3 Å². The highest BCUT2D eigenvalue weighted by atomic mass is 16.5. The van der Waals surface area contributed by atoms with Crippen LogP contribution in [-0.2, 0) is 6.54 Å². The Morgan fingerprint density at radius 3 is 2.61 bits per heavy atom. The van der Waals surface area contributed by atoms with E-state index in [1.807, 2.05) is 20.8 Å². The Kier molecular flexibility index (Phi) is 3.27. The van der Waals surface area contributed by atoms with Gasteiger partial charge in [0.25, 0.3) is 0 Å². The molecule has 0 unspecified atom stereocenters. The van der Waals surface area contributed by atoms with Crippen LogP contribution < -0.4 is 0 Å². The van der Waals surface area contributed by atoms with Crippen LogP contribution in [0.25, 0.3) is 0 Å². The van der Waals surface area contributed by atoms with E-state index >= 15 is 0 Å². The van der Waals surface area contributed by atoms with Crippen molar-refractivity contribution in [1.29, 1.82) is 0 Å². The van der Waals surface area contributed by atoms with Gasteiger partial charge in [-0.15, -0.1) is 0 Å². The summed E-state index contributed by atoms with van der Waals surface area (Å²) in [5.41, 5.74) is 2.15. The van der Waals surface area contributed by atoms with Gasteiger partial charge in [-0.25, -0.2) is 0 Å². The highest BCUT2D eigenvalue weighted by Crippen LogP contribution is 2.14. The molecule has 2 aromatic heterocycles. The molecule has 0 fully saturated rings. The molecular weight excluding hydrogens is 232 g/mol. The fourth-order valence-corrected chi connectivity index (χ4v) is 1.73. The lowest BCUT2D eigenvalue weighted by Gasteiger charge is -1.99. The first-order chi connectivity index (χ1) is 8.52. The van der Waals surface area contributed by atoms with E-state index in [0.29, 0.717) is 29.5 Å². The van der Waals surface area contributed by atoms with E-state index in [1.54, 1.807) is 11.6 Å². The molecule has 0 radical (unpaired) electrons. The first-order valence-corrected chi connectivity index (χ1v) is 5.84. The molecule has 0 aromatic carbocycles. The van der Waals surface area contributed by atoms with Crippen molar-refractivity contribution < 1.29 is 9.32 Å². The van der Waals surface area contributed by atoms with Crippen LogP contribution >= 0.6 is 0 Å². The van der Waals surface area contributed by atoms with Crippen molar-refractivity contribution >= 4 is 6.29 Å². The van der Waals surface area contributed by atoms with Gasteiger partial charge < -0.3 is 4.52 Å². The zero-order valence-corrected chi connectivity index (χ0v) is 11.0. The van der Waals surface area contributed by atoms with Gasteiger partial charge in [-0.3, -0.25) is 9.48 Å². The second kappa shape index (κ2) is 4.72. The van der Waals surface area contributed by atoms with Crippen LogP contribution in [0.15, 0.2) is 4.52 Å². The zero-order valence-electron chi connectivity index (χ0n) is 11.0. The van der Waals surface area contributed by atoms with Gasteiger partial charge in [-0.1, -0.05) is 19.0 Å². The lowest BCUT2D eigenvalue weighted by Crippen LogP contribution is -2.05. The maximum absolute atomic E-state index is 10.9. The molecule has 0 saturated carbocycles. The molecule has 0 N–H and O–H groups in total. The minimum absolute atomic E-state index is 0.230. The van der Waals surface area contributed by atoms with Gasteiger partial charge in [0.15, 0.2) is 12.1 Å². The SMILES string of the molecule is Cc1nn(Cc2nc(C(C)C)no2)c(C)c1C=O. The molecule has 0 amide bonds. The fourth-order valence-electron chi connectivity index (χ4n) is 1.73. The summed E-state index contributed by atoms with van der Waals surface area (Å²) in [6.45, 7) is 8.05. The Labute approximate surface area is 105 Å². The Morgan fingerprint density at radius 1 is 1.39 bits per heavy atom. The lowest BCUT2D eigenvalue weighted by molar-refractivity contribution is 0.112. The van der Waals surface area contributed by atoms with Crippen LogP contribution in [0.4, 0.5) is 0 Å². The summed E-state index contributed by atoms with van der Waals surface area (Å²) in [6, 6.07) is 0. The summed E-state index contributed by atoms with van der Waals surface area (Å²) in [4.78, 5) is 15.2. The van der Waals surface area contributed by atoms with Gasteiger partial charge in [0, 0.05) is 11.6 Å². The average molecular weight is 248 g/mol. The number of aromatic nitrogens is 4. The summed E-state index contributed by atoms with van der Waals surface area (Å²) in [7, 11) is 0. The number of rotatable bonds is 4. The Bertz CT molecular complexity index is 569. The standard InChI is InChI=1S/C12H16N4O2/c1-7(2)12-13-11(18-15-12)5-16-9(4)10(6-17)8(3)14-16/h6-7H,5H2,1-4H3. The van der Waals surface area contributed by atoms with E-state index in [0.717, 1.165) is 12.0 Å². The molecule has 0 aliphatic heterocycles. The van der Waals surface area contributed by atoms with Crippen molar-refractivity contribution in [1.82, 2.24) is 19.9 Å². The molecule has 0 aliphatic rings. The molecule has 0 atom stereocenters. The maximum atomic E-state index is 10.9. The molecule has 18 heavy (non-hydrogen) atoms. The van der Waals surface area contributed by atoms with Gasteiger partial charge in [0.2, 0.25) is 5.89 Å². The molecule has 0 spiro atoms. The molecule has 0 bridgehead atoms. The lowest BCUT2D eigenvalue weighted by atomic mass is 10.2. The highest BCUT2D eigenvalue weighted by Gasteiger charge is 2.14. The first-order valence-electron chi connectivity index (χ1n) is 5.84. The van der Waals surface area contributed by atoms with Crippen LogP contribution in [0.1, 0.15) is 53.2 Å². The monoisotopic (exact) mass is 248 g/mol. The molecule has 96 valence electrons. The average Bonchev–Trinajstić information content (AvgIpc) is 2.86. The van der Waals surface area contributed by atoms with E-state index in [9.17, 15) is 4.79 Å². The Balaban J connectivity index is 2.25. The number of aldehydes is 1. The molecular formula is C12H16N4O2. The van der Waals surface area contributed by atoms with Gasteiger partial charge >= 0.3 is 0 Å². The highest BCUT2D eigenvalue weighted by molar-refractivity contribution is 5.78. The summed E-state index contributed by atoms with van der Waals surface area (Å²) >= 11 is 0. The van der Waals surface area contributed by atoms with E-state index in [4.69, 9.17) is 4.52 Å². The first kappa shape index (κ1) is 12.5. The largest absolute Gasteiger partial charge is 0.337 e. The summed E-state index contributed by atoms with van der Waals surface area (Å²) < 4.78 is 6.86. The molecule has 2 aromatic rings. The van der Waals surface area contributed by atoms with Crippen LogP contribution in [0.2, 0.25) is 0 Å². The number of carbonyl (C=O) groups excluding carboxylic acids is 1. The molecule has 6 nitrogen and oxygen atoms in total. The number of hydrogen-bond acceptors (Lipinski definition) is 5. The van der Waals surface area contributed by atoms with Crippen LogP contribution in [0.5, 0.6) is 0 Å². The quantitative estimate of drug-likeness (QED) is 0.772. The number of carbonyl (C=O) groups is 1. The van der Waals surface area contributed by atoms with Crippen molar-refractivity contribution in [3.8, 4) is 0 Å². The van der Waals surface area contributed by atoms with Crippen LogP contribution in [0.3, 0.4) is 0 Å². The second-order valence-electron chi connectivity index (χ2n) is 4.56. The van der Waals surface area contributed by atoms with Crippen molar-refractivity contribution in [3.05, 3.63) is 28.7 Å². The summed E-state index contributed by atoms with van der Waals surface area (Å²) in [5, 5.41) is 8.18. The third kappa shape index (κ3) is 2.18. The van der Waals surface area contributed by atoms with E-state index in [2.05, 4.69) is 15.2 Å². The smallest absolute Gasteiger partial charge is 0.248 e. The van der Waals surface area contributed by atoms with Crippen molar-refractivity contribution in [2.75, 3.05) is 0 Å². The molecule has 0 aliphatic carbocycles. The normalized spacial score (nSPS) is 11.2. The van der Waals surface area contributed by atoms with Gasteiger partial charge in [-0.2, -0.15) is 10.1 Å². The summed E-state index contributed by atoms with van der Waals surface area (Å²) in [6.07, 6.45) is 0.821. The van der Waals surface area contributed by atoms with Crippen LogP contribution in [-0.4, -0.2) is 26.2 Å². The maximum Gasteiger partial charge on any atom is 0.248 e. The number of nitrogens with zero attached hydrogens (tertiary/aromatic N) is 4. The van der Waals surface area contributed by atoms with Crippen molar-refractivity contribution in [2.45, 2.75) is 40.2 Å². The van der Waals surface area contributed by atoms with Crippen molar-refractivity contribution in [3.63, 3.8) is 0 Å². The fraction of sp³-hybridized carbons (Fsp3) is 0.500. The predicted molar refractivity (Wildman–Crippen MR) is 64.6 cm³/mol. The Morgan fingerprint density at radius 2 is 2.11 bits per heavy atom. The predicted octanol–water partition coefficient (Wildman–Crippen LogP) is 1.87. The van der Waals surface area contributed by atoms with E-state index in [-0.39, 0.29) is 5.92 Å². The Hall–Kier alpha value is -1.98. The summed E-state index contributed by atoms with van der Waals surface area (Å²) in [5.74, 6) is 1.41. The van der Waals surface area contributed by atoms with Crippen LogP contribution in [0, 0.1) is 13.8 Å². The third-order valence-corrected chi connectivity index (χ3v) is 2.84. The van der Waals surface area contributed by atoms with E-state index < -0.39 is 0 Å². The van der Waals surface area contributed by atoms with Gasteiger partial charge in [0.1, 0.15) is 6.54 Å². The minimum Gasteiger partial charge on any atom is -0.337 e. The molecule has 2 heterocycles. The zero-order chi connectivity index (χ0) is 13.3. The topological polar surface area (TPSA) is 73.8 Å². The molecule has 2 rings (SSSR count). The number of hydrogen-bond donors (Lipinski definition) is 0. The number of aryl methyl sites for hydroxylation is 1. The third-order valence-electron chi connectivity index (χ3n) is 2.84. The van der Waals surface area contributed by atoms with Gasteiger partial charge in [-0.05, 0) is 13.8 Å². The molecule has 6 heteroatoms. The second-order valence-corrected chi connectivity index (χ2v) is 4.56. The van der Waals surface area contributed by atoms with Crippen molar-refractivity contribution in [2.24, 2.45) is 0 Å². The molecule has 0 saturated heterocycles.